The molecule has 126 valence electrons. The number of nitrogens with zero attached hydrogens (tertiary/aromatic N) is 1. The number of carbonyl (C=O) groups excluding carboxylic acids is 2. The van der Waals surface area contributed by atoms with Crippen LogP contribution in [-0.4, -0.2) is 22.8 Å². The Hall–Kier alpha value is -2.41. The summed E-state index contributed by atoms with van der Waals surface area (Å²) < 4.78 is 0. The molecule has 3 N–H and O–H groups in total. The summed E-state index contributed by atoms with van der Waals surface area (Å²) in [7, 11) is 0. The third-order valence-electron chi connectivity index (χ3n) is 4.04. The van der Waals surface area contributed by atoms with Crippen LogP contribution >= 0.6 is 11.3 Å². The molecule has 0 fully saturated rings. The molecule has 24 heavy (non-hydrogen) atoms. The van der Waals surface area contributed by atoms with E-state index in [1.54, 1.807) is 0 Å². The smallest absolute Gasteiger partial charge is 0.248 e. The van der Waals surface area contributed by atoms with Gasteiger partial charge in [0.15, 0.2) is 5.13 Å². The zero-order valence-electron chi connectivity index (χ0n) is 13.9. The lowest BCUT2D eigenvalue weighted by Gasteiger charge is -2.19. The minimum Gasteiger partial charge on any atom is -0.374 e. The molecule has 0 unspecified atom stereocenters. The first-order chi connectivity index (χ1) is 11.4. The molecule has 1 atom stereocenters. The Kier molecular flexibility index (Phi) is 4.53. The van der Waals surface area contributed by atoms with E-state index in [-0.39, 0.29) is 11.8 Å². The molecule has 2 amide bonds. The SMILES string of the molecule is Cc1nc(NC(=O)[C@H](C)Nc2ccc3c(c2)CCC(=O)N3)sc1C. The van der Waals surface area contributed by atoms with Crippen LogP contribution in [0.15, 0.2) is 18.2 Å². The second kappa shape index (κ2) is 6.60. The van der Waals surface area contributed by atoms with Gasteiger partial charge in [-0.05, 0) is 51.0 Å². The predicted octanol–water partition coefficient (Wildman–Crippen LogP) is 3.08. The largest absolute Gasteiger partial charge is 0.374 e. The average molecular weight is 344 g/mol. The van der Waals surface area contributed by atoms with E-state index in [1.807, 2.05) is 39.0 Å². The van der Waals surface area contributed by atoms with Crippen LogP contribution in [0.5, 0.6) is 0 Å². The monoisotopic (exact) mass is 344 g/mol. The van der Waals surface area contributed by atoms with Crippen LogP contribution < -0.4 is 16.0 Å². The van der Waals surface area contributed by atoms with Gasteiger partial charge >= 0.3 is 0 Å². The molecule has 0 spiro atoms. The van der Waals surface area contributed by atoms with E-state index in [0.717, 1.165) is 33.9 Å². The van der Waals surface area contributed by atoms with Crippen molar-refractivity contribution in [2.45, 2.75) is 39.7 Å². The van der Waals surface area contributed by atoms with Gasteiger partial charge in [-0.25, -0.2) is 4.98 Å². The van der Waals surface area contributed by atoms with Crippen molar-refractivity contribution >= 4 is 39.7 Å². The van der Waals surface area contributed by atoms with Crippen LogP contribution in [0.2, 0.25) is 0 Å². The van der Waals surface area contributed by atoms with Crippen LogP contribution in [-0.2, 0) is 16.0 Å². The normalized spacial score (nSPS) is 14.5. The number of aryl methyl sites for hydroxylation is 3. The summed E-state index contributed by atoms with van der Waals surface area (Å²) in [4.78, 5) is 29.1. The van der Waals surface area contributed by atoms with Gasteiger partial charge in [0, 0.05) is 22.7 Å². The standard InChI is InChI=1S/C17H20N4O2S/c1-9-11(3)24-17(19-9)21-16(23)10(2)18-13-5-6-14-12(8-13)4-7-15(22)20-14/h5-6,8,10,18H,4,7H2,1-3H3,(H,20,22)(H,19,21,23)/t10-/m0/s1. The van der Waals surface area contributed by atoms with Crippen molar-refractivity contribution in [1.29, 1.82) is 0 Å². The summed E-state index contributed by atoms with van der Waals surface area (Å²) in [6, 6.07) is 5.32. The minimum absolute atomic E-state index is 0.0463. The third-order valence-corrected chi connectivity index (χ3v) is 5.02. The van der Waals surface area contributed by atoms with Crippen molar-refractivity contribution in [2.24, 2.45) is 0 Å². The van der Waals surface area contributed by atoms with Crippen LogP contribution in [0.1, 0.15) is 29.5 Å². The Balaban J connectivity index is 1.64. The van der Waals surface area contributed by atoms with E-state index >= 15 is 0 Å². The van der Waals surface area contributed by atoms with Gasteiger partial charge in [-0.3, -0.25) is 9.59 Å². The van der Waals surface area contributed by atoms with Gasteiger partial charge in [0.2, 0.25) is 11.8 Å². The molecule has 1 aromatic carbocycles. The van der Waals surface area contributed by atoms with Crippen molar-refractivity contribution in [1.82, 2.24) is 4.98 Å². The number of rotatable bonds is 4. The van der Waals surface area contributed by atoms with Crippen LogP contribution in [0, 0.1) is 13.8 Å². The lowest BCUT2D eigenvalue weighted by atomic mass is 10.0. The minimum atomic E-state index is -0.397. The maximum atomic E-state index is 12.3. The predicted molar refractivity (Wildman–Crippen MR) is 96.7 cm³/mol. The molecule has 1 aliphatic heterocycles. The second-order valence-electron chi connectivity index (χ2n) is 5.94. The zero-order chi connectivity index (χ0) is 17.3. The molecule has 3 rings (SSSR count). The highest BCUT2D eigenvalue weighted by molar-refractivity contribution is 7.15. The summed E-state index contributed by atoms with van der Waals surface area (Å²) >= 11 is 1.47. The molecule has 0 saturated carbocycles. The maximum absolute atomic E-state index is 12.3. The molecule has 7 heteroatoms. The van der Waals surface area contributed by atoms with Crippen LogP contribution in [0.4, 0.5) is 16.5 Å². The molecule has 1 aromatic heterocycles. The lowest BCUT2D eigenvalue weighted by molar-refractivity contribution is -0.117. The number of fused-ring (bicyclic) bond motifs is 1. The number of anilines is 3. The first kappa shape index (κ1) is 16.4. The Morgan fingerprint density at radius 3 is 2.83 bits per heavy atom. The van der Waals surface area contributed by atoms with Gasteiger partial charge in [0.05, 0.1) is 5.69 Å². The number of benzene rings is 1. The highest BCUT2D eigenvalue weighted by Crippen LogP contribution is 2.26. The Bertz CT molecular complexity index is 780. The van der Waals surface area contributed by atoms with E-state index < -0.39 is 6.04 Å². The average Bonchev–Trinajstić information content (AvgIpc) is 2.85. The first-order valence-electron chi connectivity index (χ1n) is 7.86. The summed E-state index contributed by atoms with van der Waals surface area (Å²) in [5.74, 6) is -0.0836. The van der Waals surface area contributed by atoms with Crippen LogP contribution in [0.25, 0.3) is 0 Å². The summed E-state index contributed by atoms with van der Waals surface area (Å²) in [5.41, 5.74) is 3.73. The van der Waals surface area contributed by atoms with Gasteiger partial charge in [-0.2, -0.15) is 0 Å². The van der Waals surface area contributed by atoms with Gasteiger partial charge < -0.3 is 16.0 Å². The first-order valence-corrected chi connectivity index (χ1v) is 8.68. The van der Waals surface area contributed by atoms with Gasteiger partial charge in [0.25, 0.3) is 0 Å². The molecule has 2 aromatic rings. The van der Waals surface area contributed by atoms with Crippen molar-refractivity contribution in [2.75, 3.05) is 16.0 Å². The molecule has 0 saturated heterocycles. The fraction of sp³-hybridized carbons (Fsp3) is 0.353. The van der Waals surface area contributed by atoms with Gasteiger partial charge in [0.1, 0.15) is 6.04 Å². The number of thiazole rings is 1. The highest BCUT2D eigenvalue weighted by atomic mass is 32.1. The van der Waals surface area contributed by atoms with Gasteiger partial charge in [-0.15, -0.1) is 11.3 Å². The van der Waals surface area contributed by atoms with Crippen molar-refractivity contribution in [3.8, 4) is 0 Å². The van der Waals surface area contributed by atoms with Crippen molar-refractivity contribution < 1.29 is 9.59 Å². The third kappa shape index (κ3) is 3.56. The number of nitrogens with one attached hydrogen (secondary N) is 3. The van der Waals surface area contributed by atoms with E-state index in [1.165, 1.54) is 11.3 Å². The number of hydrogen-bond donors (Lipinski definition) is 3. The van der Waals surface area contributed by atoms with E-state index in [2.05, 4.69) is 20.9 Å². The summed E-state index contributed by atoms with van der Waals surface area (Å²) in [5, 5.41) is 9.51. The molecule has 0 radical (unpaired) electrons. The molecule has 1 aliphatic rings. The molecule has 0 aliphatic carbocycles. The topological polar surface area (TPSA) is 83.1 Å². The van der Waals surface area contributed by atoms with E-state index in [9.17, 15) is 9.59 Å². The maximum Gasteiger partial charge on any atom is 0.248 e. The molecule has 0 bridgehead atoms. The molecular formula is C17H20N4O2S. The number of amides is 2. The Morgan fingerprint density at radius 2 is 2.12 bits per heavy atom. The van der Waals surface area contributed by atoms with Crippen molar-refractivity contribution in [3.63, 3.8) is 0 Å². The Morgan fingerprint density at radius 1 is 1.33 bits per heavy atom. The van der Waals surface area contributed by atoms with Crippen LogP contribution in [0.3, 0.4) is 0 Å². The number of hydrogen-bond acceptors (Lipinski definition) is 5. The second-order valence-corrected chi connectivity index (χ2v) is 7.14. The molecular weight excluding hydrogens is 324 g/mol. The molecule has 6 nitrogen and oxygen atoms in total. The Labute approximate surface area is 144 Å². The van der Waals surface area contributed by atoms with Gasteiger partial charge in [-0.1, -0.05) is 0 Å². The number of carbonyl (C=O) groups is 2. The van der Waals surface area contributed by atoms with Crippen molar-refractivity contribution in [3.05, 3.63) is 34.3 Å². The fourth-order valence-corrected chi connectivity index (χ4v) is 3.35. The summed E-state index contributed by atoms with van der Waals surface area (Å²) in [6.07, 6.45) is 1.21. The fourth-order valence-electron chi connectivity index (χ4n) is 2.53. The highest BCUT2D eigenvalue weighted by Gasteiger charge is 2.18. The number of aromatic nitrogens is 1. The molecule has 2 heterocycles. The van der Waals surface area contributed by atoms with E-state index in [4.69, 9.17) is 0 Å². The quantitative estimate of drug-likeness (QED) is 0.796. The zero-order valence-corrected chi connectivity index (χ0v) is 14.7. The summed E-state index contributed by atoms with van der Waals surface area (Å²) in [6.45, 7) is 5.72. The lowest BCUT2D eigenvalue weighted by Crippen LogP contribution is -2.32. The van der Waals surface area contributed by atoms with E-state index in [0.29, 0.717) is 11.6 Å².